The highest BCUT2D eigenvalue weighted by molar-refractivity contribution is 5.94. The monoisotopic (exact) mass is 374 g/mol. The molecule has 0 radical (unpaired) electrons. The van der Waals surface area contributed by atoms with Crippen molar-refractivity contribution in [3.63, 3.8) is 0 Å². The summed E-state index contributed by atoms with van der Waals surface area (Å²) in [5.74, 6) is -0.248. The maximum absolute atomic E-state index is 12.9. The van der Waals surface area contributed by atoms with Crippen LogP contribution in [-0.2, 0) is 11.2 Å². The molecule has 0 unspecified atom stereocenters. The summed E-state index contributed by atoms with van der Waals surface area (Å²) in [5, 5.41) is 0. The van der Waals surface area contributed by atoms with E-state index in [1.807, 2.05) is 48.5 Å². The molecule has 1 atom stereocenters. The normalized spacial score (nSPS) is 16.7. The van der Waals surface area contributed by atoms with Gasteiger partial charge in [-0.2, -0.15) is 0 Å². The molecule has 5 nitrogen and oxygen atoms in total. The fourth-order valence-electron chi connectivity index (χ4n) is 3.50. The molecule has 1 aliphatic heterocycles. The van der Waals surface area contributed by atoms with Crippen molar-refractivity contribution in [3.8, 4) is 11.3 Å². The van der Waals surface area contributed by atoms with Gasteiger partial charge in [-0.1, -0.05) is 60.7 Å². The highest BCUT2D eigenvalue weighted by atomic mass is 16.5. The molecule has 2 heterocycles. The minimum absolute atomic E-state index is 0.0669. The van der Waals surface area contributed by atoms with E-state index in [1.165, 1.54) is 5.56 Å². The van der Waals surface area contributed by atoms with E-state index in [2.05, 4.69) is 17.1 Å². The number of morpholine rings is 1. The van der Waals surface area contributed by atoms with Gasteiger partial charge in [-0.05, 0) is 23.3 Å². The predicted molar refractivity (Wildman–Crippen MR) is 108 cm³/mol. The first-order chi connectivity index (χ1) is 13.7. The molecule has 28 heavy (non-hydrogen) atoms. The van der Waals surface area contributed by atoms with Crippen molar-refractivity contribution in [1.82, 2.24) is 9.88 Å². The van der Waals surface area contributed by atoms with Gasteiger partial charge in [-0.25, -0.2) is 0 Å². The second-order valence-electron chi connectivity index (χ2n) is 6.91. The largest absolute Gasteiger partial charge is 0.374 e. The number of pyridine rings is 1. The number of aromatic nitrogens is 1. The topological polar surface area (TPSA) is 62.4 Å². The second-order valence-corrected chi connectivity index (χ2v) is 6.91. The average Bonchev–Trinajstić information content (AvgIpc) is 2.75. The summed E-state index contributed by atoms with van der Waals surface area (Å²) in [5.41, 5.74) is 2.59. The average molecular weight is 374 g/mol. The highest BCUT2D eigenvalue weighted by Crippen LogP contribution is 2.17. The van der Waals surface area contributed by atoms with Crippen LogP contribution in [0, 0.1) is 0 Å². The second kappa shape index (κ2) is 8.23. The van der Waals surface area contributed by atoms with Gasteiger partial charge >= 0.3 is 0 Å². The molecule has 1 fully saturated rings. The van der Waals surface area contributed by atoms with E-state index in [-0.39, 0.29) is 23.1 Å². The molecule has 4 rings (SSSR count). The third-order valence-electron chi connectivity index (χ3n) is 4.96. The Kier molecular flexibility index (Phi) is 5.35. The van der Waals surface area contributed by atoms with Crippen LogP contribution in [0.3, 0.4) is 0 Å². The molecule has 1 saturated heterocycles. The molecular weight excluding hydrogens is 352 g/mol. The summed E-state index contributed by atoms with van der Waals surface area (Å²) < 4.78 is 5.83. The van der Waals surface area contributed by atoms with Crippen molar-refractivity contribution in [2.24, 2.45) is 0 Å². The number of nitrogens with one attached hydrogen (secondary N) is 1. The van der Waals surface area contributed by atoms with Gasteiger partial charge in [-0.3, -0.25) is 9.59 Å². The van der Waals surface area contributed by atoms with Gasteiger partial charge in [-0.15, -0.1) is 0 Å². The van der Waals surface area contributed by atoms with Crippen molar-refractivity contribution in [2.75, 3.05) is 19.7 Å². The third kappa shape index (κ3) is 4.05. The van der Waals surface area contributed by atoms with Gasteiger partial charge in [0.15, 0.2) is 0 Å². The van der Waals surface area contributed by atoms with Crippen molar-refractivity contribution in [1.29, 1.82) is 0 Å². The fraction of sp³-hybridized carbons (Fsp3) is 0.217. The number of hydrogen-bond acceptors (Lipinski definition) is 3. The van der Waals surface area contributed by atoms with Crippen molar-refractivity contribution >= 4 is 5.91 Å². The number of ether oxygens (including phenoxy) is 1. The number of benzene rings is 2. The van der Waals surface area contributed by atoms with Gasteiger partial charge in [0.05, 0.1) is 12.7 Å². The zero-order valence-electron chi connectivity index (χ0n) is 15.5. The summed E-state index contributed by atoms with van der Waals surface area (Å²) in [7, 11) is 0. The van der Waals surface area contributed by atoms with Crippen LogP contribution < -0.4 is 5.56 Å². The maximum atomic E-state index is 12.9. The number of aromatic amines is 1. The van der Waals surface area contributed by atoms with Gasteiger partial charge < -0.3 is 14.6 Å². The lowest BCUT2D eigenvalue weighted by atomic mass is 10.1. The zero-order valence-corrected chi connectivity index (χ0v) is 15.5. The van der Waals surface area contributed by atoms with E-state index >= 15 is 0 Å². The minimum Gasteiger partial charge on any atom is -0.374 e. The number of amides is 1. The van der Waals surface area contributed by atoms with Crippen molar-refractivity contribution < 1.29 is 9.53 Å². The molecule has 0 spiro atoms. The van der Waals surface area contributed by atoms with E-state index in [0.717, 1.165) is 12.0 Å². The van der Waals surface area contributed by atoms with Crippen LogP contribution in [0.25, 0.3) is 11.3 Å². The number of hydrogen-bond donors (Lipinski definition) is 1. The number of nitrogens with zero attached hydrogens (tertiary/aromatic N) is 1. The lowest BCUT2D eigenvalue weighted by Gasteiger charge is -2.33. The summed E-state index contributed by atoms with van der Waals surface area (Å²) in [6.07, 6.45) is 0.677. The van der Waals surface area contributed by atoms with Crippen LogP contribution >= 0.6 is 0 Å². The maximum Gasteiger partial charge on any atom is 0.261 e. The molecule has 5 heteroatoms. The Morgan fingerprint density at radius 2 is 1.71 bits per heavy atom. The van der Waals surface area contributed by atoms with Gasteiger partial charge in [0.25, 0.3) is 11.5 Å². The van der Waals surface area contributed by atoms with Crippen LogP contribution in [0.5, 0.6) is 0 Å². The molecule has 142 valence electrons. The lowest BCUT2D eigenvalue weighted by Crippen LogP contribution is -2.47. The third-order valence-corrected chi connectivity index (χ3v) is 4.96. The molecular formula is C23H22N2O3. The molecule has 0 aliphatic carbocycles. The standard InChI is InChI=1S/C23H22N2O3/c26-22-20(11-12-21(24-22)18-9-5-2-6-10-18)23(27)25-13-14-28-19(16-25)15-17-7-3-1-4-8-17/h1-12,19H,13-16H2,(H,24,26)/t19-/m1/s1. The van der Waals surface area contributed by atoms with Crippen molar-refractivity contribution in [3.05, 3.63) is 94.3 Å². The van der Waals surface area contributed by atoms with Crippen LogP contribution in [0.1, 0.15) is 15.9 Å². The quantitative estimate of drug-likeness (QED) is 0.763. The smallest absolute Gasteiger partial charge is 0.261 e. The van der Waals surface area contributed by atoms with Crippen LogP contribution in [0.2, 0.25) is 0 Å². The Hall–Kier alpha value is -3.18. The molecule has 1 aliphatic rings. The summed E-state index contributed by atoms with van der Waals surface area (Å²) in [6, 6.07) is 23.1. The van der Waals surface area contributed by atoms with E-state index in [1.54, 1.807) is 17.0 Å². The first kappa shape index (κ1) is 18.2. The van der Waals surface area contributed by atoms with Crippen LogP contribution in [-0.4, -0.2) is 41.6 Å². The Balaban J connectivity index is 1.48. The predicted octanol–water partition coefficient (Wildman–Crippen LogP) is 3.13. The minimum atomic E-state index is -0.363. The van der Waals surface area contributed by atoms with Crippen LogP contribution in [0.15, 0.2) is 77.6 Å². The first-order valence-corrected chi connectivity index (χ1v) is 9.44. The van der Waals surface area contributed by atoms with Gasteiger partial charge in [0.1, 0.15) is 5.56 Å². The van der Waals surface area contributed by atoms with Gasteiger partial charge in [0.2, 0.25) is 0 Å². The zero-order chi connectivity index (χ0) is 19.3. The summed E-state index contributed by atoms with van der Waals surface area (Å²) in [6.45, 7) is 1.45. The Labute approximate surface area is 163 Å². The van der Waals surface area contributed by atoms with Crippen molar-refractivity contribution in [2.45, 2.75) is 12.5 Å². The van der Waals surface area contributed by atoms with E-state index in [0.29, 0.717) is 25.4 Å². The van der Waals surface area contributed by atoms with E-state index in [4.69, 9.17) is 4.74 Å². The Morgan fingerprint density at radius 3 is 2.43 bits per heavy atom. The van der Waals surface area contributed by atoms with E-state index in [9.17, 15) is 9.59 Å². The van der Waals surface area contributed by atoms with Gasteiger partial charge in [0, 0.05) is 25.2 Å². The Morgan fingerprint density at radius 1 is 1.00 bits per heavy atom. The number of carbonyl (C=O) groups is 1. The lowest BCUT2D eigenvalue weighted by molar-refractivity contribution is -0.0208. The molecule has 1 aromatic heterocycles. The molecule has 2 aromatic carbocycles. The molecule has 1 N–H and O–H groups in total. The Bertz CT molecular complexity index is 999. The highest BCUT2D eigenvalue weighted by Gasteiger charge is 2.26. The van der Waals surface area contributed by atoms with Crippen LogP contribution in [0.4, 0.5) is 0 Å². The molecule has 3 aromatic rings. The molecule has 1 amide bonds. The molecule has 0 bridgehead atoms. The SMILES string of the molecule is O=C(c1ccc(-c2ccccc2)[nH]c1=O)N1CCO[C@H](Cc2ccccc2)C1. The fourth-order valence-corrected chi connectivity index (χ4v) is 3.50. The number of rotatable bonds is 4. The summed E-state index contributed by atoms with van der Waals surface area (Å²) in [4.78, 5) is 30.0. The number of H-pyrrole nitrogens is 1. The summed E-state index contributed by atoms with van der Waals surface area (Å²) >= 11 is 0. The molecule has 0 saturated carbocycles. The first-order valence-electron chi connectivity index (χ1n) is 9.44. The number of carbonyl (C=O) groups excluding carboxylic acids is 1. The van der Waals surface area contributed by atoms with E-state index < -0.39 is 0 Å².